The zero-order chi connectivity index (χ0) is 17.7. The first-order valence-electron chi connectivity index (χ1n) is 7.57. The van der Waals surface area contributed by atoms with Crippen LogP contribution in [0.4, 0.5) is 5.69 Å². The first-order chi connectivity index (χ1) is 11.3. The first kappa shape index (κ1) is 18.3. The zero-order valence-electron chi connectivity index (χ0n) is 14.2. The van der Waals surface area contributed by atoms with Crippen LogP contribution in [0.5, 0.6) is 11.5 Å². The molecule has 0 aliphatic carbocycles. The normalized spacial score (nSPS) is 19.3. The fraction of sp³-hybridized carbons (Fsp3) is 0.533. The summed E-state index contributed by atoms with van der Waals surface area (Å²) in [4.78, 5) is 4.31. The van der Waals surface area contributed by atoms with E-state index < -0.39 is 10.0 Å². The smallest absolute Gasteiger partial charge is 0.211 e. The van der Waals surface area contributed by atoms with E-state index in [4.69, 9.17) is 15.2 Å². The number of nitrogens with two attached hydrogens (primary N) is 1. The monoisotopic (exact) mass is 356 g/mol. The predicted octanol–water partition coefficient (Wildman–Crippen LogP) is 0.712. The summed E-state index contributed by atoms with van der Waals surface area (Å²) in [6.07, 6.45) is 2.01. The number of methoxy groups -OCH3 is 2. The fourth-order valence-corrected chi connectivity index (χ4v) is 3.48. The molecular weight excluding hydrogens is 332 g/mol. The first-order valence-corrected chi connectivity index (χ1v) is 9.42. The van der Waals surface area contributed by atoms with Crippen molar-refractivity contribution in [2.75, 3.05) is 45.4 Å². The van der Waals surface area contributed by atoms with Crippen LogP contribution in [-0.2, 0) is 10.0 Å². The molecule has 1 atom stereocenters. The summed E-state index contributed by atoms with van der Waals surface area (Å²) in [7, 11) is 0.0164. The Hall–Kier alpha value is -2.00. The van der Waals surface area contributed by atoms with Crippen molar-refractivity contribution in [3.63, 3.8) is 0 Å². The third kappa shape index (κ3) is 4.75. The van der Waals surface area contributed by atoms with Gasteiger partial charge in [0.2, 0.25) is 10.0 Å². The molecule has 1 saturated heterocycles. The molecule has 1 aromatic carbocycles. The second-order valence-electron chi connectivity index (χ2n) is 5.69. The lowest BCUT2D eigenvalue weighted by atomic mass is 10.1. The van der Waals surface area contributed by atoms with Crippen LogP contribution in [0.25, 0.3) is 0 Å². The number of guanidine groups is 1. The topological polar surface area (TPSA) is 106 Å². The number of hydrogen-bond donors (Lipinski definition) is 2. The molecular formula is C15H24N4O4S. The molecule has 134 valence electrons. The highest BCUT2D eigenvalue weighted by Crippen LogP contribution is 2.28. The van der Waals surface area contributed by atoms with Crippen molar-refractivity contribution < 1.29 is 17.9 Å². The van der Waals surface area contributed by atoms with Crippen molar-refractivity contribution in [2.24, 2.45) is 16.6 Å². The second kappa shape index (κ2) is 7.71. The Morgan fingerprint density at radius 1 is 1.42 bits per heavy atom. The third-order valence-corrected chi connectivity index (χ3v) is 5.18. The SMILES string of the molecule is COc1ccc(OC)c(NC(N)=NCC2CCN(S(C)(=O)=O)C2)c1. The van der Waals surface area contributed by atoms with Gasteiger partial charge in [-0.3, -0.25) is 4.99 Å². The van der Waals surface area contributed by atoms with Crippen LogP contribution in [0.1, 0.15) is 6.42 Å². The standard InChI is InChI=1S/C15H24N4O4S/c1-22-12-4-5-14(23-2)13(8-12)18-15(16)17-9-11-6-7-19(10-11)24(3,20)21/h4-5,8,11H,6-7,9-10H2,1-3H3,(H3,16,17,18). The number of nitrogens with one attached hydrogen (secondary N) is 1. The number of rotatable bonds is 6. The van der Waals surface area contributed by atoms with E-state index in [2.05, 4.69) is 10.3 Å². The average Bonchev–Trinajstić information content (AvgIpc) is 3.02. The number of benzene rings is 1. The summed E-state index contributed by atoms with van der Waals surface area (Å²) in [6.45, 7) is 1.49. The van der Waals surface area contributed by atoms with Gasteiger partial charge in [-0.05, 0) is 24.5 Å². The quantitative estimate of drug-likeness (QED) is 0.574. The maximum atomic E-state index is 11.5. The number of nitrogens with zero attached hydrogens (tertiary/aromatic N) is 2. The van der Waals surface area contributed by atoms with Crippen LogP contribution in [0.3, 0.4) is 0 Å². The minimum absolute atomic E-state index is 0.173. The molecule has 1 fully saturated rings. The van der Waals surface area contributed by atoms with Gasteiger partial charge in [0.15, 0.2) is 5.96 Å². The Kier molecular flexibility index (Phi) is 5.89. The Bertz CT molecular complexity index is 705. The Balaban J connectivity index is 1.98. The van der Waals surface area contributed by atoms with Gasteiger partial charge in [0.05, 0.1) is 26.2 Å². The molecule has 9 heteroatoms. The minimum Gasteiger partial charge on any atom is -0.497 e. The van der Waals surface area contributed by atoms with Gasteiger partial charge in [-0.2, -0.15) is 0 Å². The molecule has 0 radical (unpaired) electrons. The van der Waals surface area contributed by atoms with E-state index in [1.807, 2.05) is 0 Å². The molecule has 0 saturated carbocycles. The van der Waals surface area contributed by atoms with Gasteiger partial charge in [-0.1, -0.05) is 0 Å². The average molecular weight is 356 g/mol. The van der Waals surface area contributed by atoms with Gasteiger partial charge in [-0.25, -0.2) is 12.7 Å². The molecule has 3 N–H and O–H groups in total. The Morgan fingerprint density at radius 2 is 2.17 bits per heavy atom. The van der Waals surface area contributed by atoms with Gasteiger partial charge in [0.25, 0.3) is 0 Å². The largest absolute Gasteiger partial charge is 0.497 e. The summed E-state index contributed by atoms with van der Waals surface area (Å²) >= 11 is 0. The number of aliphatic imine (C=N–C) groups is 1. The summed E-state index contributed by atoms with van der Waals surface area (Å²) in [5, 5.41) is 2.99. The van der Waals surface area contributed by atoms with Crippen molar-refractivity contribution in [1.29, 1.82) is 0 Å². The summed E-state index contributed by atoms with van der Waals surface area (Å²) in [6, 6.07) is 5.33. The molecule has 24 heavy (non-hydrogen) atoms. The van der Waals surface area contributed by atoms with Crippen LogP contribution in [0.2, 0.25) is 0 Å². The van der Waals surface area contributed by atoms with E-state index in [-0.39, 0.29) is 11.9 Å². The van der Waals surface area contributed by atoms with Crippen LogP contribution < -0.4 is 20.5 Å². The van der Waals surface area contributed by atoms with E-state index in [9.17, 15) is 8.42 Å². The molecule has 0 bridgehead atoms. The molecule has 2 rings (SSSR count). The lowest BCUT2D eigenvalue weighted by Crippen LogP contribution is -2.28. The van der Waals surface area contributed by atoms with Crippen LogP contribution in [0.15, 0.2) is 23.2 Å². The van der Waals surface area contributed by atoms with Gasteiger partial charge >= 0.3 is 0 Å². The van der Waals surface area contributed by atoms with E-state index in [0.717, 1.165) is 6.42 Å². The van der Waals surface area contributed by atoms with Crippen molar-refractivity contribution in [2.45, 2.75) is 6.42 Å². The number of anilines is 1. The zero-order valence-corrected chi connectivity index (χ0v) is 15.0. The Morgan fingerprint density at radius 3 is 2.75 bits per heavy atom. The number of sulfonamides is 1. The molecule has 0 spiro atoms. The van der Waals surface area contributed by atoms with E-state index in [1.54, 1.807) is 32.4 Å². The molecule has 0 aromatic heterocycles. The molecule has 1 aliphatic rings. The molecule has 0 amide bonds. The maximum absolute atomic E-state index is 11.5. The number of ether oxygens (including phenoxy) is 2. The molecule has 1 aliphatic heterocycles. The highest BCUT2D eigenvalue weighted by atomic mass is 32.2. The number of hydrogen-bond acceptors (Lipinski definition) is 5. The summed E-state index contributed by atoms with van der Waals surface area (Å²) < 4.78 is 35.0. The van der Waals surface area contributed by atoms with E-state index in [1.165, 1.54) is 10.6 Å². The van der Waals surface area contributed by atoms with Crippen molar-refractivity contribution >= 4 is 21.7 Å². The molecule has 1 unspecified atom stereocenters. The highest BCUT2D eigenvalue weighted by Gasteiger charge is 2.28. The van der Waals surface area contributed by atoms with E-state index >= 15 is 0 Å². The third-order valence-electron chi connectivity index (χ3n) is 3.91. The van der Waals surface area contributed by atoms with Gasteiger partial charge in [-0.15, -0.1) is 0 Å². The van der Waals surface area contributed by atoms with Crippen LogP contribution in [0, 0.1) is 5.92 Å². The Labute approximate surface area is 142 Å². The van der Waals surface area contributed by atoms with Gasteiger partial charge < -0.3 is 20.5 Å². The minimum atomic E-state index is -3.13. The lowest BCUT2D eigenvalue weighted by molar-refractivity contribution is 0.405. The van der Waals surface area contributed by atoms with Crippen molar-refractivity contribution in [1.82, 2.24) is 4.31 Å². The molecule has 8 nitrogen and oxygen atoms in total. The van der Waals surface area contributed by atoms with Crippen LogP contribution >= 0.6 is 0 Å². The van der Waals surface area contributed by atoms with E-state index in [0.29, 0.717) is 36.8 Å². The highest BCUT2D eigenvalue weighted by molar-refractivity contribution is 7.88. The maximum Gasteiger partial charge on any atom is 0.211 e. The second-order valence-corrected chi connectivity index (χ2v) is 7.68. The predicted molar refractivity (Wildman–Crippen MR) is 94.2 cm³/mol. The lowest BCUT2D eigenvalue weighted by Gasteiger charge is -2.13. The molecule has 1 aromatic rings. The van der Waals surface area contributed by atoms with Gasteiger partial charge in [0, 0.05) is 25.7 Å². The summed E-state index contributed by atoms with van der Waals surface area (Å²) in [5.74, 6) is 1.72. The molecule has 1 heterocycles. The van der Waals surface area contributed by atoms with Crippen molar-refractivity contribution in [3.05, 3.63) is 18.2 Å². The van der Waals surface area contributed by atoms with Gasteiger partial charge in [0.1, 0.15) is 11.5 Å². The van der Waals surface area contributed by atoms with Crippen molar-refractivity contribution in [3.8, 4) is 11.5 Å². The van der Waals surface area contributed by atoms with Crippen LogP contribution in [-0.4, -0.2) is 58.8 Å². The fourth-order valence-electron chi connectivity index (χ4n) is 2.56. The summed E-state index contributed by atoms with van der Waals surface area (Å²) in [5.41, 5.74) is 6.58.